The maximum atomic E-state index is 12.8. The van der Waals surface area contributed by atoms with Gasteiger partial charge in [0.05, 0.1) is 25.5 Å². The Morgan fingerprint density at radius 1 is 0.972 bits per heavy atom. The van der Waals surface area contributed by atoms with Gasteiger partial charge in [-0.25, -0.2) is 19.7 Å². The lowest BCUT2D eigenvalue weighted by Crippen LogP contribution is -2.31. The van der Waals surface area contributed by atoms with Gasteiger partial charge in [0, 0.05) is 24.4 Å². The second-order valence-electron chi connectivity index (χ2n) is 7.53. The zero-order valence-corrected chi connectivity index (χ0v) is 20.2. The fourth-order valence-electron chi connectivity index (χ4n) is 3.49. The summed E-state index contributed by atoms with van der Waals surface area (Å²) in [6.07, 6.45) is 3.14. The van der Waals surface area contributed by atoms with E-state index < -0.39 is 23.6 Å². The topological polar surface area (TPSA) is 125 Å². The number of methoxy groups -OCH3 is 2. The number of amides is 2. The Kier molecular flexibility index (Phi) is 7.59. The predicted octanol–water partition coefficient (Wildman–Crippen LogP) is 2.96. The van der Waals surface area contributed by atoms with E-state index >= 15 is 0 Å². The highest BCUT2D eigenvalue weighted by Crippen LogP contribution is 2.32. The number of nitrogens with zero attached hydrogens (tertiary/aromatic N) is 3. The second kappa shape index (κ2) is 11.0. The summed E-state index contributed by atoms with van der Waals surface area (Å²) in [6.45, 7) is -0.473. The van der Waals surface area contributed by atoms with Gasteiger partial charge in [0.25, 0.3) is 0 Å². The minimum atomic E-state index is -0.718. The Bertz CT molecular complexity index is 1300. The van der Waals surface area contributed by atoms with Gasteiger partial charge in [-0.15, -0.1) is 0 Å². The van der Waals surface area contributed by atoms with Gasteiger partial charge in [0.15, 0.2) is 29.0 Å². The molecule has 3 aromatic rings. The normalized spacial score (nSPS) is 15.1. The molecule has 184 valence electrons. The third-order valence-corrected chi connectivity index (χ3v) is 6.37. The van der Waals surface area contributed by atoms with E-state index in [0.29, 0.717) is 27.9 Å². The largest absolute Gasteiger partial charge is 0.493 e. The lowest BCUT2D eigenvalue weighted by molar-refractivity contribution is -0.121. The molecule has 0 N–H and O–H groups in total. The van der Waals surface area contributed by atoms with Gasteiger partial charge >= 0.3 is 5.97 Å². The van der Waals surface area contributed by atoms with Gasteiger partial charge in [-0.2, -0.15) is 0 Å². The van der Waals surface area contributed by atoms with E-state index in [-0.39, 0.29) is 23.8 Å². The summed E-state index contributed by atoms with van der Waals surface area (Å²) in [6, 6.07) is 12.1. The zero-order chi connectivity index (χ0) is 25.7. The Hall–Kier alpha value is -4.25. The fourth-order valence-corrected chi connectivity index (χ4v) is 4.42. The van der Waals surface area contributed by atoms with Crippen molar-refractivity contribution in [2.45, 2.75) is 16.8 Å². The third-order valence-electron chi connectivity index (χ3n) is 5.30. The molecule has 0 bridgehead atoms. The summed E-state index contributed by atoms with van der Waals surface area (Å²) in [7, 11) is 2.94. The molecule has 1 fully saturated rings. The van der Waals surface area contributed by atoms with Crippen molar-refractivity contribution in [1.29, 1.82) is 0 Å². The van der Waals surface area contributed by atoms with Crippen LogP contribution >= 0.6 is 11.8 Å². The van der Waals surface area contributed by atoms with Crippen LogP contribution in [0.1, 0.15) is 27.1 Å². The average Bonchev–Trinajstić information content (AvgIpc) is 3.19. The highest BCUT2D eigenvalue weighted by Gasteiger charge is 2.40. The number of ether oxygens (including phenoxy) is 3. The minimum Gasteiger partial charge on any atom is -0.493 e. The van der Waals surface area contributed by atoms with Crippen molar-refractivity contribution in [3.8, 4) is 11.5 Å². The Morgan fingerprint density at radius 3 is 2.31 bits per heavy atom. The zero-order valence-electron chi connectivity index (χ0n) is 19.4. The summed E-state index contributed by atoms with van der Waals surface area (Å²) in [5.74, 6) is -1.02. The van der Waals surface area contributed by atoms with Crippen LogP contribution in [0.5, 0.6) is 11.5 Å². The number of esters is 1. The van der Waals surface area contributed by atoms with Crippen molar-refractivity contribution in [3.63, 3.8) is 0 Å². The number of ketones is 1. The van der Waals surface area contributed by atoms with Crippen molar-refractivity contribution < 1.29 is 33.4 Å². The number of benzene rings is 2. The van der Waals surface area contributed by atoms with E-state index in [4.69, 9.17) is 14.2 Å². The van der Waals surface area contributed by atoms with E-state index in [0.717, 1.165) is 16.7 Å². The molecule has 11 heteroatoms. The fraction of sp³-hybridized carbons (Fsp3) is 0.200. The van der Waals surface area contributed by atoms with Gasteiger partial charge < -0.3 is 14.2 Å². The van der Waals surface area contributed by atoms with Crippen LogP contribution in [0.15, 0.2) is 66.1 Å². The van der Waals surface area contributed by atoms with Gasteiger partial charge in [0.2, 0.25) is 11.8 Å². The number of anilines is 1. The number of imide groups is 1. The van der Waals surface area contributed by atoms with Crippen molar-refractivity contribution in [1.82, 2.24) is 9.97 Å². The van der Waals surface area contributed by atoms with Crippen LogP contribution < -0.4 is 14.4 Å². The molecule has 0 saturated carbocycles. The Morgan fingerprint density at radius 2 is 1.64 bits per heavy atom. The molecule has 0 radical (unpaired) electrons. The summed E-state index contributed by atoms with van der Waals surface area (Å²) in [5, 5.41) is -0.224. The van der Waals surface area contributed by atoms with Crippen LogP contribution in [-0.4, -0.2) is 59.6 Å². The molecular weight excluding hydrogens is 486 g/mol. The highest BCUT2D eigenvalue weighted by atomic mass is 32.2. The van der Waals surface area contributed by atoms with E-state index in [1.165, 1.54) is 44.6 Å². The van der Waals surface area contributed by atoms with Crippen molar-refractivity contribution >= 4 is 41.0 Å². The number of hydrogen-bond acceptors (Lipinski definition) is 10. The number of carbonyl (C=O) groups is 4. The molecule has 2 aromatic carbocycles. The number of hydrogen-bond donors (Lipinski definition) is 0. The molecule has 1 unspecified atom stereocenters. The Balaban J connectivity index is 1.37. The maximum absolute atomic E-state index is 12.8. The maximum Gasteiger partial charge on any atom is 0.338 e. The standard InChI is InChI=1S/C25H21N3O7S/c1-33-19-9-6-16(12-20(19)34-2)18(29)14-35-24(32)15-4-7-17(8-5-15)28-22(30)13-21(23(28)31)36-25-26-10-3-11-27-25/h3-12,21H,13-14H2,1-2H3. The number of aromatic nitrogens is 2. The highest BCUT2D eigenvalue weighted by molar-refractivity contribution is 8.00. The second-order valence-corrected chi connectivity index (χ2v) is 8.70. The molecule has 2 heterocycles. The molecule has 4 rings (SSSR count). The van der Waals surface area contributed by atoms with Crippen molar-refractivity contribution in [2.75, 3.05) is 25.7 Å². The summed E-state index contributed by atoms with van der Waals surface area (Å²) in [5.41, 5.74) is 0.803. The smallest absolute Gasteiger partial charge is 0.338 e. The molecule has 2 amide bonds. The molecule has 10 nitrogen and oxygen atoms in total. The van der Waals surface area contributed by atoms with Gasteiger partial charge in [-0.1, -0.05) is 11.8 Å². The van der Waals surface area contributed by atoms with Crippen LogP contribution in [0, 0.1) is 0 Å². The molecule has 1 atom stereocenters. The van der Waals surface area contributed by atoms with E-state index in [1.807, 2.05) is 0 Å². The average molecular weight is 508 g/mol. The van der Waals surface area contributed by atoms with E-state index in [1.54, 1.807) is 30.6 Å². The SMILES string of the molecule is COc1ccc(C(=O)COC(=O)c2ccc(N3C(=O)CC(Sc4ncccn4)C3=O)cc2)cc1OC. The number of thioether (sulfide) groups is 1. The summed E-state index contributed by atoms with van der Waals surface area (Å²) in [4.78, 5) is 59.4. The first-order valence-electron chi connectivity index (χ1n) is 10.7. The van der Waals surface area contributed by atoms with Crippen LogP contribution in [0.4, 0.5) is 5.69 Å². The van der Waals surface area contributed by atoms with Gasteiger partial charge in [0.1, 0.15) is 5.25 Å². The van der Waals surface area contributed by atoms with Crippen LogP contribution in [0.25, 0.3) is 0 Å². The number of Topliss-reactive ketones (excluding diaryl/α,β-unsaturated/α-hetero) is 1. The molecule has 1 aliphatic rings. The van der Waals surface area contributed by atoms with Crippen LogP contribution in [0.2, 0.25) is 0 Å². The monoisotopic (exact) mass is 507 g/mol. The van der Waals surface area contributed by atoms with Gasteiger partial charge in [-0.05, 0) is 48.5 Å². The molecule has 36 heavy (non-hydrogen) atoms. The van der Waals surface area contributed by atoms with Crippen LogP contribution in [-0.2, 0) is 14.3 Å². The molecule has 0 spiro atoms. The summed E-state index contributed by atoms with van der Waals surface area (Å²) < 4.78 is 15.5. The molecule has 0 aliphatic carbocycles. The van der Waals surface area contributed by atoms with E-state index in [9.17, 15) is 19.2 Å². The van der Waals surface area contributed by atoms with E-state index in [2.05, 4.69) is 9.97 Å². The third kappa shape index (κ3) is 5.36. The Labute approximate surface area is 210 Å². The predicted molar refractivity (Wildman–Crippen MR) is 129 cm³/mol. The molecule has 1 aliphatic heterocycles. The lowest BCUT2D eigenvalue weighted by Gasteiger charge is -2.15. The quantitative estimate of drug-likeness (QED) is 0.185. The minimum absolute atomic E-state index is 0.0177. The first-order chi connectivity index (χ1) is 17.4. The van der Waals surface area contributed by atoms with Crippen molar-refractivity contribution in [2.24, 2.45) is 0 Å². The van der Waals surface area contributed by atoms with Crippen molar-refractivity contribution in [3.05, 3.63) is 72.1 Å². The van der Waals surface area contributed by atoms with Crippen LogP contribution in [0.3, 0.4) is 0 Å². The molecular formula is C25H21N3O7S. The van der Waals surface area contributed by atoms with Gasteiger partial charge in [-0.3, -0.25) is 14.4 Å². The first kappa shape index (κ1) is 24.9. The lowest BCUT2D eigenvalue weighted by atomic mass is 10.1. The summed E-state index contributed by atoms with van der Waals surface area (Å²) >= 11 is 1.13. The molecule has 1 aromatic heterocycles. The number of rotatable bonds is 9. The molecule has 1 saturated heterocycles. The first-order valence-corrected chi connectivity index (χ1v) is 11.6. The number of carbonyl (C=O) groups excluding carboxylic acids is 4.